The van der Waals surface area contributed by atoms with E-state index in [1.54, 1.807) is 19.1 Å². The topological polar surface area (TPSA) is 46.5 Å². The molecule has 1 aliphatic carbocycles. The zero-order valence-electron chi connectivity index (χ0n) is 11.3. The number of esters is 1. The summed E-state index contributed by atoms with van der Waals surface area (Å²) >= 11 is 0. The van der Waals surface area contributed by atoms with Crippen molar-refractivity contribution < 1.29 is 19.0 Å². The molecule has 0 saturated heterocycles. The molecular formula is C15H19FO3. The molecule has 1 aliphatic rings. The van der Waals surface area contributed by atoms with E-state index in [1.165, 1.54) is 6.07 Å². The Kier molecular flexibility index (Phi) is 3.90. The summed E-state index contributed by atoms with van der Waals surface area (Å²) in [6.07, 6.45) is 1.28. The summed E-state index contributed by atoms with van der Waals surface area (Å²) in [6.45, 7) is 3.84. The summed E-state index contributed by atoms with van der Waals surface area (Å²) in [5.41, 5.74) is -0.251. The highest BCUT2D eigenvalue weighted by atomic mass is 19.1. The van der Waals surface area contributed by atoms with Gasteiger partial charge in [-0.1, -0.05) is 19.1 Å². The van der Waals surface area contributed by atoms with E-state index in [4.69, 9.17) is 4.74 Å². The van der Waals surface area contributed by atoms with Crippen molar-refractivity contribution in [2.75, 3.05) is 6.61 Å². The molecule has 19 heavy (non-hydrogen) atoms. The van der Waals surface area contributed by atoms with Crippen molar-refractivity contribution in [3.05, 3.63) is 35.1 Å². The Labute approximate surface area is 112 Å². The van der Waals surface area contributed by atoms with Gasteiger partial charge in [-0.25, -0.2) is 4.39 Å². The highest BCUT2D eigenvalue weighted by Gasteiger charge is 2.47. The maximum absolute atomic E-state index is 13.7. The fourth-order valence-electron chi connectivity index (χ4n) is 2.97. The Morgan fingerprint density at radius 3 is 2.89 bits per heavy atom. The van der Waals surface area contributed by atoms with Crippen molar-refractivity contribution in [3.63, 3.8) is 0 Å². The quantitative estimate of drug-likeness (QED) is 0.852. The lowest BCUT2D eigenvalue weighted by molar-refractivity contribution is -0.159. The lowest BCUT2D eigenvalue weighted by Gasteiger charge is -2.31. The minimum atomic E-state index is -1.31. The van der Waals surface area contributed by atoms with Crippen LogP contribution in [-0.2, 0) is 21.6 Å². The Hall–Kier alpha value is -1.42. The van der Waals surface area contributed by atoms with Crippen molar-refractivity contribution in [3.8, 4) is 0 Å². The van der Waals surface area contributed by atoms with Gasteiger partial charge >= 0.3 is 5.97 Å². The van der Waals surface area contributed by atoms with Crippen molar-refractivity contribution >= 4 is 5.97 Å². The molecule has 1 aromatic carbocycles. The number of carbonyl (C=O) groups is 1. The number of fused-ring (bicyclic) bond motifs is 1. The van der Waals surface area contributed by atoms with E-state index < -0.39 is 17.5 Å². The van der Waals surface area contributed by atoms with Gasteiger partial charge in [-0.15, -0.1) is 0 Å². The summed E-state index contributed by atoms with van der Waals surface area (Å²) in [4.78, 5) is 12.0. The number of halogens is 1. The third kappa shape index (κ3) is 2.25. The summed E-state index contributed by atoms with van der Waals surface area (Å²) in [7, 11) is 0. The molecule has 1 aromatic rings. The molecule has 0 heterocycles. The van der Waals surface area contributed by atoms with Gasteiger partial charge in [0.05, 0.1) is 12.5 Å². The Morgan fingerprint density at radius 2 is 2.26 bits per heavy atom. The SMILES string of the molecule is CCOC(=O)C(CC)C1(O)CCc2c(F)cccc21. The molecular weight excluding hydrogens is 247 g/mol. The molecule has 0 amide bonds. The number of rotatable bonds is 4. The molecule has 0 radical (unpaired) electrons. The van der Waals surface area contributed by atoms with Crippen LogP contribution in [0.5, 0.6) is 0 Å². The number of aliphatic hydroxyl groups is 1. The summed E-state index contributed by atoms with van der Waals surface area (Å²) in [5, 5.41) is 10.9. The molecule has 104 valence electrons. The fraction of sp³-hybridized carbons (Fsp3) is 0.533. The predicted molar refractivity (Wildman–Crippen MR) is 69.0 cm³/mol. The molecule has 0 aromatic heterocycles. The third-order valence-corrected chi connectivity index (χ3v) is 3.90. The molecule has 0 fully saturated rings. The van der Waals surface area contributed by atoms with Crippen molar-refractivity contribution in [1.82, 2.24) is 0 Å². The van der Waals surface area contributed by atoms with E-state index in [0.717, 1.165) is 0 Å². The summed E-state index contributed by atoms with van der Waals surface area (Å²) in [5.74, 6) is -1.37. The number of carbonyl (C=O) groups excluding carboxylic acids is 1. The zero-order chi connectivity index (χ0) is 14.0. The maximum Gasteiger partial charge on any atom is 0.312 e. The van der Waals surface area contributed by atoms with Crippen molar-refractivity contribution in [2.45, 2.75) is 38.7 Å². The van der Waals surface area contributed by atoms with Crippen molar-refractivity contribution in [1.29, 1.82) is 0 Å². The average molecular weight is 266 g/mol. The van der Waals surface area contributed by atoms with Gasteiger partial charge in [-0.2, -0.15) is 0 Å². The van der Waals surface area contributed by atoms with Crippen LogP contribution in [0.1, 0.15) is 37.8 Å². The van der Waals surface area contributed by atoms with Gasteiger partial charge < -0.3 is 9.84 Å². The highest BCUT2D eigenvalue weighted by Crippen LogP contribution is 2.44. The first-order chi connectivity index (χ1) is 9.04. The van der Waals surface area contributed by atoms with Gasteiger partial charge in [0.1, 0.15) is 11.4 Å². The molecule has 0 saturated carbocycles. The normalized spacial score (nSPS) is 22.9. The van der Waals surface area contributed by atoms with Crippen LogP contribution >= 0.6 is 0 Å². The van der Waals surface area contributed by atoms with Crippen LogP contribution in [0.25, 0.3) is 0 Å². The minimum absolute atomic E-state index is 0.279. The van der Waals surface area contributed by atoms with Crippen LogP contribution < -0.4 is 0 Å². The first-order valence-electron chi connectivity index (χ1n) is 6.71. The van der Waals surface area contributed by atoms with Crippen LogP contribution in [-0.4, -0.2) is 17.7 Å². The lowest BCUT2D eigenvalue weighted by Crippen LogP contribution is -2.38. The Bertz CT molecular complexity index is 486. The molecule has 0 bridgehead atoms. The molecule has 1 N–H and O–H groups in total. The largest absolute Gasteiger partial charge is 0.466 e. The van der Waals surface area contributed by atoms with Crippen LogP contribution in [0.2, 0.25) is 0 Å². The summed E-state index contributed by atoms with van der Waals surface area (Å²) < 4.78 is 18.7. The highest BCUT2D eigenvalue weighted by molar-refractivity contribution is 5.74. The second kappa shape index (κ2) is 5.29. The predicted octanol–water partition coefficient (Wildman–Crippen LogP) is 2.55. The summed E-state index contributed by atoms with van der Waals surface area (Å²) in [6, 6.07) is 4.66. The molecule has 2 atom stereocenters. The van der Waals surface area contributed by atoms with Gasteiger partial charge in [0.15, 0.2) is 0 Å². The standard InChI is InChI=1S/C15H19FO3/c1-3-11(14(17)19-4-2)15(18)9-8-10-12(15)6-5-7-13(10)16/h5-7,11,18H,3-4,8-9H2,1-2H3. The molecule has 0 aliphatic heterocycles. The van der Waals surface area contributed by atoms with E-state index in [0.29, 0.717) is 30.4 Å². The lowest BCUT2D eigenvalue weighted by atomic mass is 9.80. The van der Waals surface area contributed by atoms with Gasteiger partial charge in [0.2, 0.25) is 0 Å². The van der Waals surface area contributed by atoms with Crippen LogP contribution in [0.4, 0.5) is 4.39 Å². The van der Waals surface area contributed by atoms with Crippen LogP contribution in [0.3, 0.4) is 0 Å². The monoisotopic (exact) mass is 266 g/mol. The van der Waals surface area contributed by atoms with E-state index in [9.17, 15) is 14.3 Å². The zero-order valence-corrected chi connectivity index (χ0v) is 11.3. The molecule has 4 heteroatoms. The van der Waals surface area contributed by atoms with Crippen LogP contribution in [0, 0.1) is 11.7 Å². The Balaban J connectivity index is 2.40. The van der Waals surface area contributed by atoms with E-state index in [2.05, 4.69) is 0 Å². The van der Waals surface area contributed by atoms with Crippen molar-refractivity contribution in [2.24, 2.45) is 5.92 Å². The Morgan fingerprint density at radius 1 is 1.53 bits per heavy atom. The van der Waals surface area contributed by atoms with E-state index >= 15 is 0 Å². The molecule has 2 unspecified atom stereocenters. The molecule has 3 nitrogen and oxygen atoms in total. The van der Waals surface area contributed by atoms with Gasteiger partial charge in [-0.05, 0) is 43.4 Å². The number of hydrogen-bond donors (Lipinski definition) is 1. The first-order valence-corrected chi connectivity index (χ1v) is 6.71. The fourth-order valence-corrected chi connectivity index (χ4v) is 2.97. The molecule has 2 rings (SSSR count). The van der Waals surface area contributed by atoms with Gasteiger partial charge in [-0.3, -0.25) is 4.79 Å². The minimum Gasteiger partial charge on any atom is -0.466 e. The molecule has 0 spiro atoms. The number of ether oxygens (including phenoxy) is 1. The maximum atomic E-state index is 13.7. The smallest absolute Gasteiger partial charge is 0.312 e. The number of benzene rings is 1. The average Bonchev–Trinajstić information content (AvgIpc) is 2.71. The third-order valence-electron chi connectivity index (χ3n) is 3.90. The first kappa shape index (κ1) is 14.0. The second-order valence-electron chi connectivity index (χ2n) is 4.90. The second-order valence-corrected chi connectivity index (χ2v) is 4.90. The number of hydrogen-bond acceptors (Lipinski definition) is 3. The van der Waals surface area contributed by atoms with E-state index in [1.807, 2.05) is 6.92 Å². The van der Waals surface area contributed by atoms with Gasteiger partial charge in [0, 0.05) is 0 Å². The van der Waals surface area contributed by atoms with E-state index in [-0.39, 0.29) is 12.4 Å². The van der Waals surface area contributed by atoms with Gasteiger partial charge in [0.25, 0.3) is 0 Å². The van der Waals surface area contributed by atoms with Crippen LogP contribution in [0.15, 0.2) is 18.2 Å².